The van der Waals surface area contributed by atoms with E-state index in [4.69, 9.17) is 5.73 Å². The lowest BCUT2D eigenvalue weighted by Crippen LogP contribution is -2.16. The molecule has 0 spiro atoms. The van der Waals surface area contributed by atoms with Crippen molar-refractivity contribution in [2.24, 2.45) is 11.7 Å². The van der Waals surface area contributed by atoms with E-state index in [0.29, 0.717) is 5.92 Å². The molecule has 14 heavy (non-hydrogen) atoms. The van der Waals surface area contributed by atoms with Crippen LogP contribution in [0, 0.1) is 5.92 Å². The van der Waals surface area contributed by atoms with E-state index in [1.54, 1.807) is 0 Å². The molecule has 0 aliphatic rings. The minimum absolute atomic E-state index is 0.163. The summed E-state index contributed by atoms with van der Waals surface area (Å²) in [6, 6.07) is 8.76. The van der Waals surface area contributed by atoms with Crippen LogP contribution in [0.3, 0.4) is 0 Å². The Morgan fingerprint density at radius 2 is 1.79 bits per heavy atom. The third-order valence-corrected chi connectivity index (χ3v) is 3.19. The Bertz CT molecular complexity index is 266. The summed E-state index contributed by atoms with van der Waals surface area (Å²) >= 11 is 1.86. The van der Waals surface area contributed by atoms with E-state index < -0.39 is 0 Å². The van der Waals surface area contributed by atoms with Crippen molar-refractivity contribution in [1.82, 2.24) is 0 Å². The van der Waals surface area contributed by atoms with Crippen LogP contribution in [0.4, 0.5) is 0 Å². The van der Waals surface area contributed by atoms with Gasteiger partial charge in [0.25, 0.3) is 0 Å². The Balaban J connectivity index is 2.72. The third kappa shape index (κ3) is 3.03. The van der Waals surface area contributed by atoms with Crippen molar-refractivity contribution in [2.75, 3.05) is 5.75 Å². The van der Waals surface area contributed by atoms with Gasteiger partial charge in [-0.15, -0.1) is 11.8 Å². The lowest BCUT2D eigenvalue weighted by molar-refractivity contribution is 0.514. The highest BCUT2D eigenvalue weighted by Gasteiger charge is 2.09. The molecule has 2 N–H and O–H groups in total. The highest BCUT2D eigenvalue weighted by Crippen LogP contribution is 2.23. The van der Waals surface area contributed by atoms with E-state index >= 15 is 0 Å². The molecule has 1 atom stereocenters. The van der Waals surface area contributed by atoms with Gasteiger partial charge in [-0.1, -0.05) is 32.9 Å². The number of hydrogen-bond donors (Lipinski definition) is 1. The zero-order chi connectivity index (χ0) is 10.6. The second-order valence-electron chi connectivity index (χ2n) is 3.77. The Hall–Kier alpha value is -0.470. The molecule has 1 aromatic carbocycles. The monoisotopic (exact) mass is 209 g/mol. The second kappa shape index (κ2) is 5.42. The van der Waals surface area contributed by atoms with Crippen LogP contribution in [0.25, 0.3) is 0 Å². The highest BCUT2D eigenvalue weighted by atomic mass is 32.2. The van der Waals surface area contributed by atoms with E-state index in [-0.39, 0.29) is 6.04 Å². The Labute approximate surface area is 91.1 Å². The SMILES string of the molecule is CCSc1ccc(C(N)C(C)C)cc1. The van der Waals surface area contributed by atoms with Gasteiger partial charge in [-0.3, -0.25) is 0 Å². The smallest absolute Gasteiger partial charge is 0.0318 e. The van der Waals surface area contributed by atoms with Crippen LogP contribution in [-0.2, 0) is 0 Å². The first-order valence-electron chi connectivity index (χ1n) is 5.13. The number of rotatable bonds is 4. The molecule has 0 aliphatic carbocycles. The van der Waals surface area contributed by atoms with E-state index in [2.05, 4.69) is 45.0 Å². The predicted octanol–water partition coefficient (Wildman–Crippen LogP) is 3.45. The van der Waals surface area contributed by atoms with Gasteiger partial charge < -0.3 is 5.73 Å². The van der Waals surface area contributed by atoms with Gasteiger partial charge in [0.2, 0.25) is 0 Å². The molecule has 0 aromatic heterocycles. The summed E-state index contributed by atoms with van der Waals surface area (Å²) in [6.45, 7) is 6.47. The van der Waals surface area contributed by atoms with Crippen molar-refractivity contribution in [2.45, 2.75) is 31.7 Å². The highest BCUT2D eigenvalue weighted by molar-refractivity contribution is 7.99. The Morgan fingerprint density at radius 3 is 2.21 bits per heavy atom. The average molecular weight is 209 g/mol. The van der Waals surface area contributed by atoms with Crippen LogP contribution < -0.4 is 5.73 Å². The summed E-state index contributed by atoms with van der Waals surface area (Å²) in [4.78, 5) is 1.33. The van der Waals surface area contributed by atoms with Crippen LogP contribution in [0.2, 0.25) is 0 Å². The number of nitrogens with two attached hydrogens (primary N) is 1. The Kier molecular flexibility index (Phi) is 4.49. The molecule has 1 nitrogen and oxygen atoms in total. The van der Waals surface area contributed by atoms with Gasteiger partial charge in [-0.05, 0) is 29.4 Å². The average Bonchev–Trinajstić information content (AvgIpc) is 2.18. The van der Waals surface area contributed by atoms with Gasteiger partial charge in [0, 0.05) is 10.9 Å². The molecule has 0 saturated carbocycles. The van der Waals surface area contributed by atoms with Crippen molar-refractivity contribution >= 4 is 11.8 Å². The van der Waals surface area contributed by atoms with Gasteiger partial charge in [-0.2, -0.15) is 0 Å². The van der Waals surface area contributed by atoms with E-state index in [0.717, 1.165) is 5.75 Å². The summed E-state index contributed by atoms with van der Waals surface area (Å²) < 4.78 is 0. The minimum atomic E-state index is 0.163. The van der Waals surface area contributed by atoms with Crippen molar-refractivity contribution in [3.8, 4) is 0 Å². The summed E-state index contributed by atoms with van der Waals surface area (Å²) in [6.07, 6.45) is 0. The molecule has 2 heteroatoms. The summed E-state index contributed by atoms with van der Waals surface area (Å²) in [5, 5.41) is 0. The fourth-order valence-electron chi connectivity index (χ4n) is 1.34. The molecule has 0 fully saturated rings. The van der Waals surface area contributed by atoms with Gasteiger partial charge in [0.1, 0.15) is 0 Å². The van der Waals surface area contributed by atoms with Crippen LogP contribution in [0.5, 0.6) is 0 Å². The third-order valence-electron chi connectivity index (χ3n) is 2.29. The first kappa shape index (κ1) is 11.6. The van der Waals surface area contributed by atoms with E-state index in [9.17, 15) is 0 Å². The molecular weight excluding hydrogens is 190 g/mol. The van der Waals surface area contributed by atoms with E-state index in [1.807, 2.05) is 11.8 Å². The molecule has 78 valence electrons. The maximum atomic E-state index is 6.06. The molecule has 1 aromatic rings. The summed E-state index contributed by atoms with van der Waals surface area (Å²) in [7, 11) is 0. The largest absolute Gasteiger partial charge is 0.324 e. The van der Waals surface area contributed by atoms with Crippen molar-refractivity contribution in [3.05, 3.63) is 29.8 Å². The summed E-state index contributed by atoms with van der Waals surface area (Å²) in [5.41, 5.74) is 7.29. The lowest BCUT2D eigenvalue weighted by atomic mass is 9.97. The normalized spacial score (nSPS) is 13.2. The molecule has 0 amide bonds. The molecule has 0 radical (unpaired) electrons. The van der Waals surface area contributed by atoms with Crippen molar-refractivity contribution in [3.63, 3.8) is 0 Å². The van der Waals surface area contributed by atoms with Crippen molar-refractivity contribution < 1.29 is 0 Å². The molecule has 1 rings (SSSR count). The van der Waals surface area contributed by atoms with Crippen molar-refractivity contribution in [1.29, 1.82) is 0 Å². The first-order valence-corrected chi connectivity index (χ1v) is 6.12. The fraction of sp³-hybridized carbons (Fsp3) is 0.500. The van der Waals surface area contributed by atoms with Crippen LogP contribution in [0.15, 0.2) is 29.2 Å². The standard InChI is InChI=1S/C12H19NS/c1-4-14-11-7-5-10(6-8-11)12(13)9(2)3/h5-9,12H,4,13H2,1-3H3. The van der Waals surface area contributed by atoms with Gasteiger partial charge >= 0.3 is 0 Å². The van der Waals surface area contributed by atoms with Crippen LogP contribution in [0.1, 0.15) is 32.4 Å². The molecular formula is C12H19NS. The zero-order valence-electron chi connectivity index (χ0n) is 9.16. The summed E-state index contributed by atoms with van der Waals surface area (Å²) in [5.74, 6) is 1.62. The first-order chi connectivity index (χ1) is 6.65. The molecule has 0 saturated heterocycles. The number of hydrogen-bond acceptors (Lipinski definition) is 2. The maximum Gasteiger partial charge on any atom is 0.0318 e. The topological polar surface area (TPSA) is 26.0 Å². The van der Waals surface area contributed by atoms with E-state index in [1.165, 1.54) is 10.5 Å². The van der Waals surface area contributed by atoms with Crippen LogP contribution in [-0.4, -0.2) is 5.75 Å². The Morgan fingerprint density at radius 1 is 1.21 bits per heavy atom. The molecule has 0 aliphatic heterocycles. The number of thioether (sulfide) groups is 1. The minimum Gasteiger partial charge on any atom is -0.324 e. The van der Waals surface area contributed by atoms with Gasteiger partial charge in [0.05, 0.1) is 0 Å². The molecule has 1 unspecified atom stereocenters. The predicted molar refractivity (Wildman–Crippen MR) is 64.6 cm³/mol. The second-order valence-corrected chi connectivity index (χ2v) is 5.11. The lowest BCUT2D eigenvalue weighted by Gasteiger charge is -2.16. The number of benzene rings is 1. The van der Waals surface area contributed by atoms with Gasteiger partial charge in [-0.25, -0.2) is 0 Å². The molecule has 0 heterocycles. The maximum absolute atomic E-state index is 6.06. The quantitative estimate of drug-likeness (QED) is 0.769. The fourth-order valence-corrected chi connectivity index (χ4v) is 2.00. The molecule has 0 bridgehead atoms. The zero-order valence-corrected chi connectivity index (χ0v) is 9.97. The van der Waals surface area contributed by atoms with Gasteiger partial charge in [0.15, 0.2) is 0 Å². The van der Waals surface area contributed by atoms with Crippen LogP contribution >= 0.6 is 11.8 Å².